The molecular formula is C26H26N4O5. The van der Waals surface area contributed by atoms with Gasteiger partial charge in [0.25, 0.3) is 5.91 Å². The van der Waals surface area contributed by atoms with E-state index in [1.165, 1.54) is 13.3 Å². The maximum absolute atomic E-state index is 12.1. The smallest absolute Gasteiger partial charge is 0.329 e. The quantitative estimate of drug-likeness (QED) is 0.263. The van der Waals surface area contributed by atoms with Crippen molar-refractivity contribution in [2.45, 2.75) is 13.8 Å². The van der Waals surface area contributed by atoms with Crippen LogP contribution in [0.3, 0.4) is 0 Å². The van der Waals surface area contributed by atoms with Crippen LogP contribution in [-0.2, 0) is 14.4 Å². The van der Waals surface area contributed by atoms with E-state index in [-0.39, 0.29) is 12.5 Å². The number of carbonyl (C=O) groups excluding carboxylic acids is 3. The second-order valence-electron chi connectivity index (χ2n) is 7.64. The predicted molar refractivity (Wildman–Crippen MR) is 134 cm³/mol. The summed E-state index contributed by atoms with van der Waals surface area (Å²) in [6.45, 7) is 3.79. The Morgan fingerprint density at radius 3 is 2.26 bits per heavy atom. The summed E-state index contributed by atoms with van der Waals surface area (Å²) in [5, 5.41) is 9.06. The van der Waals surface area contributed by atoms with Gasteiger partial charge in [-0.25, -0.2) is 5.43 Å². The predicted octanol–water partition coefficient (Wildman–Crippen LogP) is 3.42. The second-order valence-corrected chi connectivity index (χ2v) is 7.64. The van der Waals surface area contributed by atoms with Crippen molar-refractivity contribution in [1.82, 2.24) is 5.43 Å². The third kappa shape index (κ3) is 7.71. The van der Waals surface area contributed by atoms with Crippen molar-refractivity contribution in [1.29, 1.82) is 0 Å². The highest BCUT2D eigenvalue weighted by Gasteiger charge is 2.14. The summed E-state index contributed by atoms with van der Waals surface area (Å²) < 4.78 is 10.6. The van der Waals surface area contributed by atoms with Crippen molar-refractivity contribution in [3.63, 3.8) is 0 Å². The van der Waals surface area contributed by atoms with Gasteiger partial charge in [0, 0.05) is 5.69 Å². The van der Waals surface area contributed by atoms with E-state index in [9.17, 15) is 14.4 Å². The third-order valence-electron chi connectivity index (χ3n) is 4.70. The molecule has 0 aliphatic carbocycles. The molecule has 9 heteroatoms. The van der Waals surface area contributed by atoms with Gasteiger partial charge in [0.05, 0.1) is 19.0 Å². The summed E-state index contributed by atoms with van der Waals surface area (Å²) in [5.41, 5.74) is 6.04. The lowest BCUT2D eigenvalue weighted by Gasteiger charge is -2.09. The van der Waals surface area contributed by atoms with Gasteiger partial charge in [0.15, 0.2) is 6.61 Å². The van der Waals surface area contributed by atoms with Crippen molar-refractivity contribution < 1.29 is 23.9 Å². The highest BCUT2D eigenvalue weighted by atomic mass is 16.5. The van der Waals surface area contributed by atoms with Crippen LogP contribution >= 0.6 is 0 Å². The number of benzene rings is 3. The Kier molecular flexibility index (Phi) is 8.55. The Labute approximate surface area is 203 Å². The minimum absolute atomic E-state index is 0.141. The number of nitrogens with zero attached hydrogens (tertiary/aromatic N) is 1. The monoisotopic (exact) mass is 474 g/mol. The molecule has 3 aromatic carbocycles. The van der Waals surface area contributed by atoms with Gasteiger partial charge in [-0.3, -0.25) is 14.4 Å². The molecule has 0 aliphatic rings. The van der Waals surface area contributed by atoms with Gasteiger partial charge >= 0.3 is 11.8 Å². The number of hydrogen-bond acceptors (Lipinski definition) is 6. The molecule has 0 unspecified atom stereocenters. The molecule has 9 nitrogen and oxygen atoms in total. The van der Waals surface area contributed by atoms with E-state index in [1.54, 1.807) is 48.5 Å². The summed E-state index contributed by atoms with van der Waals surface area (Å²) in [7, 11) is 1.46. The Morgan fingerprint density at radius 2 is 1.57 bits per heavy atom. The van der Waals surface area contributed by atoms with Gasteiger partial charge in [-0.15, -0.1) is 0 Å². The van der Waals surface area contributed by atoms with Crippen LogP contribution in [0.1, 0.15) is 16.7 Å². The molecule has 0 bridgehead atoms. The number of methoxy groups -OCH3 is 1. The van der Waals surface area contributed by atoms with Crippen molar-refractivity contribution in [3.05, 3.63) is 83.4 Å². The number of para-hydroxylation sites is 2. The maximum Gasteiger partial charge on any atom is 0.329 e. The molecule has 0 saturated carbocycles. The van der Waals surface area contributed by atoms with Gasteiger partial charge < -0.3 is 20.1 Å². The van der Waals surface area contributed by atoms with Crippen molar-refractivity contribution in [2.24, 2.45) is 5.10 Å². The SMILES string of the molecule is COc1ccccc1NC(=O)C(=O)N/N=C\c1ccc(OCC(=O)Nc2cc(C)cc(C)c2)cc1. The van der Waals surface area contributed by atoms with Gasteiger partial charge in [-0.05, 0) is 79.1 Å². The summed E-state index contributed by atoms with van der Waals surface area (Å²) in [4.78, 5) is 36.2. The van der Waals surface area contributed by atoms with Crippen LogP contribution in [0, 0.1) is 13.8 Å². The van der Waals surface area contributed by atoms with Crippen LogP contribution in [-0.4, -0.2) is 37.7 Å². The molecule has 0 spiro atoms. The Hall–Kier alpha value is -4.66. The third-order valence-corrected chi connectivity index (χ3v) is 4.70. The lowest BCUT2D eigenvalue weighted by atomic mass is 10.1. The lowest BCUT2D eigenvalue weighted by molar-refractivity contribution is -0.136. The Balaban J connectivity index is 1.45. The number of hydrazone groups is 1. The molecule has 0 aromatic heterocycles. The fraction of sp³-hybridized carbons (Fsp3) is 0.154. The van der Waals surface area contributed by atoms with Crippen LogP contribution in [0.5, 0.6) is 11.5 Å². The van der Waals surface area contributed by atoms with Crippen LogP contribution in [0.2, 0.25) is 0 Å². The minimum Gasteiger partial charge on any atom is -0.495 e. The van der Waals surface area contributed by atoms with Crippen molar-refractivity contribution in [2.75, 3.05) is 24.4 Å². The molecule has 3 N–H and O–H groups in total. The number of amides is 3. The normalized spacial score (nSPS) is 10.5. The molecule has 0 aliphatic heterocycles. The number of anilines is 2. The van der Waals surface area contributed by atoms with Crippen molar-refractivity contribution >= 4 is 35.3 Å². The molecular weight excluding hydrogens is 448 g/mol. The number of rotatable bonds is 8. The average Bonchev–Trinajstić information content (AvgIpc) is 2.83. The zero-order chi connectivity index (χ0) is 25.2. The molecule has 3 aromatic rings. The van der Waals surface area contributed by atoms with E-state index in [2.05, 4.69) is 21.2 Å². The van der Waals surface area contributed by atoms with E-state index in [4.69, 9.17) is 9.47 Å². The molecule has 0 saturated heterocycles. The van der Waals surface area contributed by atoms with E-state index >= 15 is 0 Å². The molecule has 0 radical (unpaired) electrons. The fourth-order valence-electron chi connectivity index (χ4n) is 3.19. The largest absolute Gasteiger partial charge is 0.495 e. The molecule has 180 valence electrons. The number of carbonyl (C=O) groups is 3. The van der Waals surface area contributed by atoms with Crippen LogP contribution in [0.15, 0.2) is 71.8 Å². The average molecular weight is 475 g/mol. The van der Waals surface area contributed by atoms with Crippen molar-refractivity contribution in [3.8, 4) is 11.5 Å². The number of aryl methyl sites for hydroxylation is 2. The summed E-state index contributed by atoms with van der Waals surface area (Å²) in [6, 6.07) is 19.3. The topological polar surface area (TPSA) is 118 Å². The number of nitrogens with one attached hydrogen (secondary N) is 3. The zero-order valence-corrected chi connectivity index (χ0v) is 19.6. The first-order valence-electron chi connectivity index (χ1n) is 10.7. The molecule has 35 heavy (non-hydrogen) atoms. The maximum atomic E-state index is 12.1. The lowest BCUT2D eigenvalue weighted by Crippen LogP contribution is -2.32. The molecule has 0 atom stereocenters. The van der Waals surface area contributed by atoms with Gasteiger partial charge in [-0.2, -0.15) is 5.10 Å². The summed E-state index contributed by atoms with van der Waals surface area (Å²) >= 11 is 0. The van der Waals surface area contributed by atoms with E-state index in [0.717, 1.165) is 16.8 Å². The molecule has 0 heterocycles. The highest BCUT2D eigenvalue weighted by molar-refractivity contribution is 6.39. The Bertz CT molecular complexity index is 1220. The standard InChI is InChI=1S/C26H26N4O5/c1-17-12-18(2)14-20(13-17)28-24(31)16-35-21-10-8-19(9-11-21)15-27-30-26(33)25(32)29-22-6-4-5-7-23(22)34-3/h4-15H,16H2,1-3H3,(H,28,31)(H,29,32)(H,30,33)/b27-15-. The summed E-state index contributed by atoms with van der Waals surface area (Å²) in [6.07, 6.45) is 1.38. The first-order chi connectivity index (χ1) is 16.8. The van der Waals surface area contributed by atoms with Gasteiger partial charge in [-0.1, -0.05) is 18.2 Å². The van der Waals surface area contributed by atoms with Crippen LogP contribution in [0.4, 0.5) is 11.4 Å². The number of ether oxygens (including phenoxy) is 2. The molecule has 0 fully saturated rings. The first-order valence-corrected chi connectivity index (χ1v) is 10.7. The van der Waals surface area contributed by atoms with Crippen LogP contribution < -0.4 is 25.5 Å². The summed E-state index contributed by atoms with van der Waals surface area (Å²) in [5.74, 6) is -1.15. The second kappa shape index (κ2) is 12.0. The zero-order valence-electron chi connectivity index (χ0n) is 19.6. The van der Waals surface area contributed by atoms with Crippen LogP contribution in [0.25, 0.3) is 0 Å². The number of hydrogen-bond donors (Lipinski definition) is 3. The van der Waals surface area contributed by atoms with E-state index in [1.807, 2.05) is 32.0 Å². The Morgan fingerprint density at radius 1 is 0.886 bits per heavy atom. The first kappa shape index (κ1) is 25.0. The highest BCUT2D eigenvalue weighted by Crippen LogP contribution is 2.22. The van der Waals surface area contributed by atoms with E-state index in [0.29, 0.717) is 22.7 Å². The molecule has 3 amide bonds. The fourth-order valence-corrected chi connectivity index (χ4v) is 3.19. The minimum atomic E-state index is -0.929. The van der Waals surface area contributed by atoms with Gasteiger partial charge in [0.1, 0.15) is 11.5 Å². The van der Waals surface area contributed by atoms with E-state index < -0.39 is 11.8 Å². The van der Waals surface area contributed by atoms with Gasteiger partial charge in [0.2, 0.25) is 0 Å². The molecule has 3 rings (SSSR count).